The van der Waals surface area contributed by atoms with Gasteiger partial charge in [0.25, 0.3) is 0 Å². The molecule has 0 aliphatic heterocycles. The minimum absolute atomic E-state index is 0.0497. The van der Waals surface area contributed by atoms with Crippen LogP contribution in [-0.2, 0) is 0 Å². The molecule has 1 aliphatic carbocycles. The molecular formula is C16H24N2O3. The van der Waals surface area contributed by atoms with Crippen LogP contribution in [0.25, 0.3) is 0 Å². The van der Waals surface area contributed by atoms with E-state index >= 15 is 0 Å². The molecule has 1 aliphatic rings. The van der Waals surface area contributed by atoms with Crippen molar-refractivity contribution in [2.75, 3.05) is 26.3 Å². The first-order chi connectivity index (χ1) is 10.1. The highest BCUT2D eigenvalue weighted by molar-refractivity contribution is 5.73. The van der Waals surface area contributed by atoms with Crippen molar-refractivity contribution in [2.45, 2.75) is 26.2 Å². The first-order valence-electron chi connectivity index (χ1n) is 7.46. The third-order valence-corrected chi connectivity index (χ3v) is 3.81. The van der Waals surface area contributed by atoms with E-state index in [0.29, 0.717) is 19.7 Å². The maximum absolute atomic E-state index is 11.6. The normalized spacial score (nSPS) is 15.3. The number of carbonyl (C=O) groups excluding carboxylic acids is 1. The molecule has 2 amide bonds. The van der Waals surface area contributed by atoms with E-state index in [1.165, 1.54) is 5.56 Å². The van der Waals surface area contributed by atoms with Gasteiger partial charge in [0, 0.05) is 18.5 Å². The predicted octanol–water partition coefficient (Wildman–Crippen LogP) is 1.84. The van der Waals surface area contributed by atoms with Crippen LogP contribution in [0.15, 0.2) is 24.3 Å². The standard InChI is InChI=1S/C16H24N2O3/c1-13-3-5-14(6-4-13)21-10-2-9-17-15(20)18-11-16(12-19)7-8-16/h3-6,19H,2,7-12H2,1H3,(H2,17,18,20). The number of benzene rings is 1. The molecule has 0 radical (unpaired) electrons. The molecule has 1 aromatic carbocycles. The van der Waals surface area contributed by atoms with Gasteiger partial charge in [-0.3, -0.25) is 0 Å². The monoisotopic (exact) mass is 292 g/mol. The van der Waals surface area contributed by atoms with E-state index in [1.54, 1.807) is 0 Å². The third-order valence-electron chi connectivity index (χ3n) is 3.81. The Morgan fingerprint density at radius 2 is 2.00 bits per heavy atom. The Balaban J connectivity index is 1.51. The van der Waals surface area contributed by atoms with Crippen LogP contribution in [0.5, 0.6) is 5.75 Å². The van der Waals surface area contributed by atoms with Crippen molar-refractivity contribution in [2.24, 2.45) is 5.41 Å². The molecule has 21 heavy (non-hydrogen) atoms. The number of aryl methyl sites for hydroxylation is 1. The number of nitrogens with one attached hydrogen (secondary N) is 2. The summed E-state index contributed by atoms with van der Waals surface area (Å²) in [7, 11) is 0. The summed E-state index contributed by atoms with van der Waals surface area (Å²) < 4.78 is 5.58. The van der Waals surface area contributed by atoms with E-state index in [4.69, 9.17) is 9.84 Å². The fourth-order valence-electron chi connectivity index (χ4n) is 2.00. The minimum Gasteiger partial charge on any atom is -0.494 e. The van der Waals surface area contributed by atoms with Crippen molar-refractivity contribution in [1.29, 1.82) is 0 Å². The highest BCUT2D eigenvalue weighted by atomic mass is 16.5. The number of hydrogen-bond acceptors (Lipinski definition) is 3. The van der Waals surface area contributed by atoms with Crippen molar-refractivity contribution in [3.63, 3.8) is 0 Å². The topological polar surface area (TPSA) is 70.6 Å². The van der Waals surface area contributed by atoms with Crippen molar-refractivity contribution in [1.82, 2.24) is 10.6 Å². The highest BCUT2D eigenvalue weighted by Gasteiger charge is 2.41. The predicted molar refractivity (Wildman–Crippen MR) is 81.4 cm³/mol. The zero-order valence-electron chi connectivity index (χ0n) is 12.5. The van der Waals surface area contributed by atoms with Gasteiger partial charge in [0.15, 0.2) is 0 Å². The van der Waals surface area contributed by atoms with Crippen LogP contribution in [0.4, 0.5) is 4.79 Å². The van der Waals surface area contributed by atoms with Gasteiger partial charge < -0.3 is 20.5 Å². The molecule has 1 aromatic rings. The lowest BCUT2D eigenvalue weighted by molar-refractivity contribution is 0.203. The van der Waals surface area contributed by atoms with Gasteiger partial charge in [-0.1, -0.05) is 17.7 Å². The average Bonchev–Trinajstić information content (AvgIpc) is 3.27. The van der Waals surface area contributed by atoms with Crippen LogP contribution in [0.3, 0.4) is 0 Å². The van der Waals surface area contributed by atoms with Gasteiger partial charge >= 0.3 is 6.03 Å². The molecule has 5 nitrogen and oxygen atoms in total. The van der Waals surface area contributed by atoms with Gasteiger partial charge in [0.2, 0.25) is 0 Å². The lowest BCUT2D eigenvalue weighted by atomic mass is 10.1. The van der Waals surface area contributed by atoms with Gasteiger partial charge in [0.05, 0.1) is 13.2 Å². The summed E-state index contributed by atoms with van der Waals surface area (Å²) in [4.78, 5) is 11.6. The molecule has 2 rings (SSSR count). The molecule has 1 fully saturated rings. The Labute approximate surface area is 125 Å². The van der Waals surface area contributed by atoms with E-state index in [1.807, 2.05) is 31.2 Å². The van der Waals surface area contributed by atoms with Gasteiger partial charge in [-0.05, 0) is 38.3 Å². The number of ether oxygens (including phenoxy) is 1. The average molecular weight is 292 g/mol. The lowest BCUT2D eigenvalue weighted by Gasteiger charge is -2.13. The summed E-state index contributed by atoms with van der Waals surface area (Å²) in [5, 5.41) is 14.7. The SMILES string of the molecule is Cc1ccc(OCCCNC(=O)NCC2(CO)CC2)cc1. The zero-order valence-corrected chi connectivity index (χ0v) is 12.5. The number of hydrogen-bond donors (Lipinski definition) is 3. The first-order valence-corrected chi connectivity index (χ1v) is 7.46. The summed E-state index contributed by atoms with van der Waals surface area (Å²) in [6, 6.07) is 7.73. The number of aliphatic hydroxyl groups is 1. The van der Waals surface area contributed by atoms with Gasteiger partial charge in [0.1, 0.15) is 5.75 Å². The molecule has 116 valence electrons. The highest BCUT2D eigenvalue weighted by Crippen LogP contribution is 2.44. The maximum atomic E-state index is 11.6. The molecule has 0 atom stereocenters. The Bertz CT molecular complexity index is 455. The second-order valence-electron chi connectivity index (χ2n) is 5.78. The van der Waals surface area contributed by atoms with Gasteiger partial charge in [-0.25, -0.2) is 4.79 Å². The number of aliphatic hydroxyl groups excluding tert-OH is 1. The van der Waals surface area contributed by atoms with Crippen LogP contribution in [0.1, 0.15) is 24.8 Å². The van der Waals surface area contributed by atoms with Crippen molar-refractivity contribution >= 4 is 6.03 Å². The van der Waals surface area contributed by atoms with E-state index < -0.39 is 0 Å². The van der Waals surface area contributed by atoms with Crippen LogP contribution in [0.2, 0.25) is 0 Å². The number of amides is 2. The number of urea groups is 1. The summed E-state index contributed by atoms with van der Waals surface area (Å²) >= 11 is 0. The summed E-state index contributed by atoms with van der Waals surface area (Å²) in [5.41, 5.74) is 1.16. The van der Waals surface area contributed by atoms with E-state index in [9.17, 15) is 4.79 Å². The van der Waals surface area contributed by atoms with Crippen molar-refractivity contribution in [3.8, 4) is 5.75 Å². The third kappa shape index (κ3) is 5.27. The smallest absolute Gasteiger partial charge is 0.314 e. The molecule has 1 saturated carbocycles. The zero-order chi connectivity index (χ0) is 15.1. The molecular weight excluding hydrogens is 268 g/mol. The molecule has 5 heteroatoms. The second kappa shape index (κ2) is 7.31. The Kier molecular flexibility index (Phi) is 5.44. The first kappa shape index (κ1) is 15.6. The van der Waals surface area contributed by atoms with E-state index in [-0.39, 0.29) is 18.1 Å². The summed E-state index contributed by atoms with van der Waals surface area (Å²) in [6.07, 6.45) is 2.74. The minimum atomic E-state index is -0.176. The van der Waals surface area contributed by atoms with Crippen molar-refractivity contribution in [3.05, 3.63) is 29.8 Å². The Morgan fingerprint density at radius 1 is 1.29 bits per heavy atom. The molecule has 0 bridgehead atoms. The molecule has 0 unspecified atom stereocenters. The fourth-order valence-corrected chi connectivity index (χ4v) is 2.00. The van der Waals surface area contributed by atoms with Gasteiger partial charge in [-0.2, -0.15) is 0 Å². The number of carbonyl (C=O) groups is 1. The van der Waals surface area contributed by atoms with E-state index in [0.717, 1.165) is 25.0 Å². The fraction of sp³-hybridized carbons (Fsp3) is 0.562. The van der Waals surface area contributed by atoms with Crippen LogP contribution in [-0.4, -0.2) is 37.4 Å². The van der Waals surface area contributed by atoms with Crippen molar-refractivity contribution < 1.29 is 14.6 Å². The largest absolute Gasteiger partial charge is 0.494 e. The number of rotatable bonds is 8. The summed E-state index contributed by atoms with van der Waals surface area (Å²) in [6.45, 7) is 3.88. The van der Waals surface area contributed by atoms with Gasteiger partial charge in [-0.15, -0.1) is 0 Å². The van der Waals surface area contributed by atoms with E-state index in [2.05, 4.69) is 10.6 Å². The second-order valence-corrected chi connectivity index (χ2v) is 5.78. The summed E-state index contributed by atoms with van der Waals surface area (Å²) in [5.74, 6) is 0.851. The van der Waals surface area contributed by atoms with Crippen LogP contribution < -0.4 is 15.4 Å². The lowest BCUT2D eigenvalue weighted by Crippen LogP contribution is -2.40. The quantitative estimate of drug-likeness (QED) is 0.640. The molecule has 0 heterocycles. The Morgan fingerprint density at radius 3 is 2.62 bits per heavy atom. The molecule has 0 spiro atoms. The van der Waals surface area contributed by atoms with Crippen LogP contribution in [0, 0.1) is 12.3 Å². The van der Waals surface area contributed by atoms with Crippen LogP contribution >= 0.6 is 0 Å². The molecule has 0 saturated heterocycles. The molecule has 3 N–H and O–H groups in total. The Hall–Kier alpha value is -1.75. The molecule has 0 aromatic heterocycles. The maximum Gasteiger partial charge on any atom is 0.314 e.